The predicted molar refractivity (Wildman–Crippen MR) is 75.1 cm³/mol. The van der Waals surface area contributed by atoms with Gasteiger partial charge < -0.3 is 10.6 Å². The topological polar surface area (TPSA) is 100 Å². The second-order valence-electron chi connectivity index (χ2n) is 4.41. The number of rotatable bonds is 4. The van der Waals surface area contributed by atoms with Crippen molar-refractivity contribution < 1.29 is 13.2 Å². The van der Waals surface area contributed by atoms with Crippen LogP contribution in [0.4, 0.5) is 5.82 Å². The third-order valence-electron chi connectivity index (χ3n) is 2.95. The van der Waals surface area contributed by atoms with Gasteiger partial charge in [-0.3, -0.25) is 4.79 Å². The number of aromatic nitrogens is 1. The summed E-state index contributed by atoms with van der Waals surface area (Å²) in [6.45, 7) is 0.286. The van der Waals surface area contributed by atoms with E-state index in [0.29, 0.717) is 18.7 Å². The van der Waals surface area contributed by atoms with Crippen molar-refractivity contribution in [2.75, 3.05) is 18.9 Å². The van der Waals surface area contributed by atoms with Crippen LogP contribution in [0.15, 0.2) is 17.2 Å². The van der Waals surface area contributed by atoms with Crippen LogP contribution in [0.1, 0.15) is 12.8 Å². The molecule has 0 radical (unpaired) electrons. The number of halogens is 1. The Bertz CT molecular complexity index is 610. The van der Waals surface area contributed by atoms with Crippen molar-refractivity contribution in [1.82, 2.24) is 15.0 Å². The zero-order chi connectivity index (χ0) is 14.8. The molecule has 0 aliphatic carbocycles. The Hall–Kier alpha value is -1.38. The lowest BCUT2D eigenvalue weighted by molar-refractivity contribution is -0.122. The number of pyridine rings is 1. The van der Waals surface area contributed by atoms with Gasteiger partial charge in [0.2, 0.25) is 15.9 Å². The Labute approximate surface area is 122 Å². The summed E-state index contributed by atoms with van der Waals surface area (Å²) < 4.78 is 26.9. The lowest BCUT2D eigenvalue weighted by Gasteiger charge is -2.23. The maximum absolute atomic E-state index is 12.2. The lowest BCUT2D eigenvalue weighted by Crippen LogP contribution is -2.47. The van der Waals surface area contributed by atoms with E-state index in [1.807, 2.05) is 0 Å². The van der Waals surface area contributed by atoms with E-state index in [1.54, 1.807) is 7.05 Å². The van der Waals surface area contributed by atoms with Gasteiger partial charge in [-0.25, -0.2) is 18.1 Å². The summed E-state index contributed by atoms with van der Waals surface area (Å²) in [5.41, 5.74) is 0. The third kappa shape index (κ3) is 3.38. The standard InChI is InChI=1S/C11H15ClN4O3S/c1-13-11-9(12)4-8(6-15-11)20(18,19)16-7-2-3-10(17)14-5-7/h4,6-7,16H,2-3,5H2,1H3,(H,13,15)(H,14,17). The van der Waals surface area contributed by atoms with Crippen LogP contribution in [0.5, 0.6) is 0 Å². The van der Waals surface area contributed by atoms with Crippen molar-refractivity contribution in [3.63, 3.8) is 0 Å². The monoisotopic (exact) mass is 318 g/mol. The van der Waals surface area contributed by atoms with E-state index in [0.717, 1.165) is 0 Å². The minimum absolute atomic E-state index is 0.00148. The Balaban J connectivity index is 2.14. The molecule has 1 saturated heterocycles. The SMILES string of the molecule is CNc1ncc(S(=O)(=O)NC2CCC(=O)NC2)cc1Cl. The number of carbonyl (C=O) groups is 1. The molecule has 1 aliphatic heterocycles. The van der Waals surface area contributed by atoms with Crippen molar-refractivity contribution in [2.45, 2.75) is 23.8 Å². The van der Waals surface area contributed by atoms with Crippen molar-refractivity contribution in [3.8, 4) is 0 Å². The predicted octanol–water partition coefficient (Wildman–Crippen LogP) is 0.334. The number of nitrogens with one attached hydrogen (secondary N) is 3. The van der Waals surface area contributed by atoms with Crippen LogP contribution in [-0.4, -0.2) is 38.9 Å². The fraction of sp³-hybridized carbons (Fsp3) is 0.455. The molecular weight excluding hydrogens is 304 g/mol. The fourth-order valence-electron chi connectivity index (χ4n) is 1.87. The average molecular weight is 319 g/mol. The quantitative estimate of drug-likeness (QED) is 0.743. The first-order valence-corrected chi connectivity index (χ1v) is 7.91. The van der Waals surface area contributed by atoms with Gasteiger partial charge in [0.05, 0.1) is 5.02 Å². The average Bonchev–Trinajstić information content (AvgIpc) is 2.41. The summed E-state index contributed by atoms with van der Waals surface area (Å²) in [4.78, 5) is 15.0. The molecule has 0 spiro atoms. The first kappa shape index (κ1) is 15.0. The van der Waals surface area contributed by atoms with Gasteiger partial charge in [-0.1, -0.05) is 11.6 Å². The van der Waals surface area contributed by atoms with Gasteiger partial charge in [0.15, 0.2) is 0 Å². The van der Waals surface area contributed by atoms with Gasteiger partial charge in [0.1, 0.15) is 10.7 Å². The molecule has 0 aromatic carbocycles. The molecule has 2 heterocycles. The summed E-state index contributed by atoms with van der Waals surface area (Å²) in [6, 6.07) is 1.02. The summed E-state index contributed by atoms with van der Waals surface area (Å²) in [7, 11) is -2.06. The number of anilines is 1. The fourth-order valence-corrected chi connectivity index (χ4v) is 3.44. The molecule has 7 nitrogen and oxygen atoms in total. The molecule has 9 heteroatoms. The number of hydrogen-bond acceptors (Lipinski definition) is 5. The molecule has 1 fully saturated rings. The summed E-state index contributed by atoms with van der Waals surface area (Å²) in [5.74, 6) is 0.346. The maximum Gasteiger partial charge on any atom is 0.242 e. The molecule has 0 bridgehead atoms. The largest absolute Gasteiger partial charge is 0.372 e. The van der Waals surface area contributed by atoms with E-state index >= 15 is 0 Å². The van der Waals surface area contributed by atoms with E-state index in [-0.39, 0.29) is 28.4 Å². The van der Waals surface area contributed by atoms with Gasteiger partial charge in [0.25, 0.3) is 0 Å². The molecule has 1 aliphatic rings. The van der Waals surface area contributed by atoms with Gasteiger partial charge in [-0.2, -0.15) is 0 Å². The van der Waals surface area contributed by atoms with Crippen molar-refractivity contribution in [2.24, 2.45) is 0 Å². The highest BCUT2D eigenvalue weighted by molar-refractivity contribution is 7.89. The highest BCUT2D eigenvalue weighted by Crippen LogP contribution is 2.22. The summed E-state index contributed by atoms with van der Waals surface area (Å²) >= 11 is 5.92. The Morgan fingerprint density at radius 3 is 2.80 bits per heavy atom. The van der Waals surface area contributed by atoms with Gasteiger partial charge >= 0.3 is 0 Å². The van der Waals surface area contributed by atoms with Crippen LogP contribution in [-0.2, 0) is 14.8 Å². The number of piperidine rings is 1. The Kier molecular flexibility index (Phi) is 4.46. The second kappa shape index (κ2) is 5.94. The highest BCUT2D eigenvalue weighted by atomic mass is 35.5. The number of amides is 1. The number of sulfonamides is 1. The van der Waals surface area contributed by atoms with Crippen LogP contribution >= 0.6 is 11.6 Å². The van der Waals surface area contributed by atoms with E-state index in [9.17, 15) is 13.2 Å². The molecular formula is C11H15ClN4O3S. The minimum atomic E-state index is -3.70. The Morgan fingerprint density at radius 1 is 1.50 bits per heavy atom. The van der Waals surface area contributed by atoms with Crippen LogP contribution in [0, 0.1) is 0 Å². The second-order valence-corrected chi connectivity index (χ2v) is 6.53. The van der Waals surface area contributed by atoms with Gasteiger partial charge in [-0.15, -0.1) is 0 Å². The smallest absolute Gasteiger partial charge is 0.242 e. The van der Waals surface area contributed by atoms with Crippen molar-refractivity contribution in [3.05, 3.63) is 17.3 Å². The van der Waals surface area contributed by atoms with Gasteiger partial charge in [0, 0.05) is 32.3 Å². The molecule has 1 unspecified atom stereocenters. The lowest BCUT2D eigenvalue weighted by atomic mass is 10.1. The van der Waals surface area contributed by atoms with E-state index in [2.05, 4.69) is 20.3 Å². The molecule has 20 heavy (non-hydrogen) atoms. The van der Waals surface area contributed by atoms with Crippen LogP contribution in [0.25, 0.3) is 0 Å². The number of nitrogens with zero attached hydrogens (tertiary/aromatic N) is 1. The van der Waals surface area contributed by atoms with Crippen molar-refractivity contribution >= 4 is 33.3 Å². The zero-order valence-electron chi connectivity index (χ0n) is 10.8. The molecule has 1 aromatic rings. The minimum Gasteiger partial charge on any atom is -0.372 e. The molecule has 110 valence electrons. The molecule has 1 atom stereocenters. The van der Waals surface area contributed by atoms with Gasteiger partial charge in [-0.05, 0) is 12.5 Å². The highest BCUT2D eigenvalue weighted by Gasteiger charge is 2.24. The molecule has 1 aromatic heterocycles. The summed E-state index contributed by atoms with van der Waals surface area (Å²) in [6.07, 6.45) is 2.02. The first-order valence-electron chi connectivity index (χ1n) is 6.04. The Morgan fingerprint density at radius 2 is 2.25 bits per heavy atom. The molecule has 1 amide bonds. The number of hydrogen-bond donors (Lipinski definition) is 3. The van der Waals surface area contributed by atoms with E-state index in [1.165, 1.54) is 12.3 Å². The first-order chi connectivity index (χ1) is 9.42. The van der Waals surface area contributed by atoms with Crippen LogP contribution in [0.3, 0.4) is 0 Å². The van der Waals surface area contributed by atoms with Crippen LogP contribution < -0.4 is 15.4 Å². The zero-order valence-corrected chi connectivity index (χ0v) is 12.4. The van der Waals surface area contributed by atoms with E-state index in [4.69, 9.17) is 11.6 Å². The summed E-state index contributed by atoms with van der Waals surface area (Å²) in [5, 5.41) is 5.60. The molecule has 2 rings (SSSR count). The van der Waals surface area contributed by atoms with Crippen molar-refractivity contribution in [1.29, 1.82) is 0 Å². The maximum atomic E-state index is 12.2. The van der Waals surface area contributed by atoms with E-state index < -0.39 is 10.0 Å². The normalized spacial score (nSPS) is 19.5. The third-order valence-corrected chi connectivity index (χ3v) is 4.73. The van der Waals surface area contributed by atoms with Crippen LogP contribution in [0.2, 0.25) is 5.02 Å². The molecule has 0 saturated carbocycles. The number of carbonyl (C=O) groups excluding carboxylic acids is 1. The molecule has 3 N–H and O–H groups in total.